The van der Waals surface area contributed by atoms with E-state index in [1.165, 1.54) is 28.9 Å². The minimum absolute atomic E-state index is 0.167. The molecule has 3 rings (SSSR count). The minimum atomic E-state index is -0.839. The number of ketones is 1. The van der Waals surface area contributed by atoms with Crippen LogP contribution >= 0.6 is 0 Å². The molecule has 7 nitrogen and oxygen atoms in total. The summed E-state index contributed by atoms with van der Waals surface area (Å²) in [5.74, 6) is -1.89. The number of aromatic nitrogens is 4. The van der Waals surface area contributed by atoms with Gasteiger partial charge >= 0.3 is 0 Å². The molecule has 0 unspecified atom stereocenters. The fraction of sp³-hybridized carbons (Fsp3) is 0.0625. The van der Waals surface area contributed by atoms with Crippen LogP contribution in [0.5, 0.6) is 0 Å². The maximum Gasteiger partial charge on any atom is 0.296 e. The summed E-state index contributed by atoms with van der Waals surface area (Å²) in [7, 11) is 1.59. The van der Waals surface area contributed by atoms with Crippen molar-refractivity contribution in [3.05, 3.63) is 59.9 Å². The van der Waals surface area contributed by atoms with Gasteiger partial charge in [-0.3, -0.25) is 9.59 Å². The van der Waals surface area contributed by atoms with Gasteiger partial charge in [0.2, 0.25) is 0 Å². The SMILES string of the molecule is Cn1nnnc1-c1ccc(NC(=O)C(=O)c2ccccc2)cc1F. The van der Waals surface area contributed by atoms with Crippen LogP contribution in [0.1, 0.15) is 10.4 Å². The Balaban J connectivity index is 1.79. The monoisotopic (exact) mass is 325 g/mol. The highest BCUT2D eigenvalue weighted by Crippen LogP contribution is 2.22. The Kier molecular flexibility index (Phi) is 4.11. The predicted octanol–water partition coefficient (Wildman–Crippen LogP) is 1.84. The van der Waals surface area contributed by atoms with Gasteiger partial charge in [-0.25, -0.2) is 9.07 Å². The first-order valence-corrected chi connectivity index (χ1v) is 6.99. The van der Waals surface area contributed by atoms with Crippen LogP contribution < -0.4 is 5.32 Å². The maximum absolute atomic E-state index is 14.2. The first kappa shape index (κ1) is 15.5. The summed E-state index contributed by atoms with van der Waals surface area (Å²) in [5, 5.41) is 13.2. The van der Waals surface area contributed by atoms with Crippen molar-refractivity contribution in [2.75, 3.05) is 5.32 Å². The Morgan fingerprint density at radius 2 is 1.88 bits per heavy atom. The number of rotatable bonds is 4. The number of carbonyl (C=O) groups excluding carboxylic acids is 2. The van der Waals surface area contributed by atoms with Crippen molar-refractivity contribution in [2.24, 2.45) is 7.05 Å². The number of aryl methyl sites for hydroxylation is 1. The van der Waals surface area contributed by atoms with E-state index in [-0.39, 0.29) is 22.6 Å². The quantitative estimate of drug-likeness (QED) is 0.584. The van der Waals surface area contributed by atoms with Crippen molar-refractivity contribution in [2.45, 2.75) is 0 Å². The molecule has 0 fully saturated rings. The third kappa shape index (κ3) is 3.02. The molecule has 8 heteroatoms. The van der Waals surface area contributed by atoms with E-state index in [1.807, 2.05) is 0 Å². The van der Waals surface area contributed by atoms with E-state index in [0.29, 0.717) is 0 Å². The fourth-order valence-electron chi connectivity index (χ4n) is 2.14. The summed E-state index contributed by atoms with van der Waals surface area (Å²) >= 11 is 0. The van der Waals surface area contributed by atoms with Crippen molar-refractivity contribution in [1.29, 1.82) is 0 Å². The number of hydrogen-bond acceptors (Lipinski definition) is 5. The number of anilines is 1. The molecule has 0 saturated heterocycles. The van der Waals surface area contributed by atoms with E-state index >= 15 is 0 Å². The zero-order valence-electron chi connectivity index (χ0n) is 12.6. The lowest BCUT2D eigenvalue weighted by Gasteiger charge is -2.07. The van der Waals surface area contributed by atoms with Crippen molar-refractivity contribution in [1.82, 2.24) is 20.2 Å². The van der Waals surface area contributed by atoms with Crippen LogP contribution in [0.3, 0.4) is 0 Å². The number of Topliss-reactive ketones (excluding diaryl/α,β-unsaturated/α-hetero) is 1. The Morgan fingerprint density at radius 1 is 1.12 bits per heavy atom. The third-order valence-electron chi connectivity index (χ3n) is 3.33. The van der Waals surface area contributed by atoms with Crippen LogP contribution in [0, 0.1) is 5.82 Å². The van der Waals surface area contributed by atoms with Gasteiger partial charge in [0, 0.05) is 18.3 Å². The number of nitrogens with one attached hydrogen (secondary N) is 1. The molecule has 0 spiro atoms. The van der Waals surface area contributed by atoms with Gasteiger partial charge in [-0.1, -0.05) is 30.3 Å². The van der Waals surface area contributed by atoms with Gasteiger partial charge in [-0.2, -0.15) is 0 Å². The first-order chi connectivity index (χ1) is 11.6. The number of carbonyl (C=O) groups is 2. The highest BCUT2D eigenvalue weighted by molar-refractivity contribution is 6.46. The number of hydrogen-bond donors (Lipinski definition) is 1. The number of benzene rings is 2. The van der Waals surface area contributed by atoms with Gasteiger partial charge in [-0.15, -0.1) is 5.10 Å². The Morgan fingerprint density at radius 3 is 2.50 bits per heavy atom. The van der Waals surface area contributed by atoms with Crippen LogP contribution in [0.4, 0.5) is 10.1 Å². The van der Waals surface area contributed by atoms with Gasteiger partial charge in [0.05, 0.1) is 5.56 Å². The molecule has 0 saturated carbocycles. The van der Waals surface area contributed by atoms with Gasteiger partial charge in [0.25, 0.3) is 11.7 Å². The van der Waals surface area contributed by atoms with Crippen LogP contribution in [-0.2, 0) is 11.8 Å². The lowest BCUT2D eigenvalue weighted by molar-refractivity contribution is -0.112. The van der Waals surface area contributed by atoms with Crippen LogP contribution in [0.25, 0.3) is 11.4 Å². The smallest absolute Gasteiger partial charge is 0.296 e. The largest absolute Gasteiger partial charge is 0.319 e. The van der Waals surface area contributed by atoms with Crippen LogP contribution in [0.2, 0.25) is 0 Å². The van der Waals surface area contributed by atoms with E-state index < -0.39 is 17.5 Å². The first-order valence-electron chi connectivity index (χ1n) is 6.99. The number of tetrazole rings is 1. The zero-order valence-corrected chi connectivity index (χ0v) is 12.6. The van der Waals surface area contributed by atoms with E-state index in [2.05, 4.69) is 20.8 Å². The number of nitrogens with zero attached hydrogens (tertiary/aromatic N) is 4. The van der Waals surface area contributed by atoms with Crippen molar-refractivity contribution >= 4 is 17.4 Å². The van der Waals surface area contributed by atoms with Crippen molar-refractivity contribution in [3.63, 3.8) is 0 Å². The number of amides is 1. The van der Waals surface area contributed by atoms with Gasteiger partial charge in [0.15, 0.2) is 5.82 Å². The van der Waals surface area contributed by atoms with Crippen molar-refractivity contribution < 1.29 is 14.0 Å². The predicted molar refractivity (Wildman–Crippen MR) is 83.6 cm³/mol. The Labute approximate surface area is 136 Å². The van der Waals surface area contributed by atoms with Gasteiger partial charge < -0.3 is 5.32 Å². The molecule has 24 heavy (non-hydrogen) atoms. The molecular weight excluding hydrogens is 313 g/mol. The highest BCUT2D eigenvalue weighted by Gasteiger charge is 2.17. The normalized spacial score (nSPS) is 10.4. The molecule has 1 heterocycles. The number of halogens is 1. The third-order valence-corrected chi connectivity index (χ3v) is 3.33. The molecule has 0 atom stereocenters. The average Bonchev–Trinajstić information content (AvgIpc) is 3.01. The molecule has 120 valence electrons. The Bertz CT molecular complexity index is 908. The second-order valence-corrected chi connectivity index (χ2v) is 4.97. The molecule has 3 aromatic rings. The molecule has 0 aliphatic heterocycles. The summed E-state index contributed by atoms with van der Waals surface area (Å²) in [6, 6.07) is 12.1. The van der Waals surface area contributed by atoms with Crippen LogP contribution in [-0.4, -0.2) is 31.9 Å². The fourth-order valence-corrected chi connectivity index (χ4v) is 2.14. The Hall–Kier alpha value is -3.42. The summed E-state index contributed by atoms with van der Waals surface area (Å²) in [6.45, 7) is 0. The molecular formula is C16H12FN5O2. The summed E-state index contributed by atoms with van der Waals surface area (Å²) < 4.78 is 15.6. The zero-order chi connectivity index (χ0) is 17.1. The van der Waals surface area contributed by atoms with E-state index in [4.69, 9.17) is 0 Å². The van der Waals surface area contributed by atoms with Gasteiger partial charge in [-0.05, 0) is 28.6 Å². The van der Waals surface area contributed by atoms with Gasteiger partial charge in [0.1, 0.15) is 5.82 Å². The molecule has 1 aromatic heterocycles. The summed E-state index contributed by atoms with van der Waals surface area (Å²) in [4.78, 5) is 24.0. The standard InChI is InChI=1S/C16H12FN5O2/c1-22-15(19-20-21-22)12-8-7-11(9-13(12)17)18-16(24)14(23)10-5-3-2-4-6-10/h2-9H,1H3,(H,18,24). The minimum Gasteiger partial charge on any atom is -0.319 e. The molecule has 0 aliphatic rings. The highest BCUT2D eigenvalue weighted by atomic mass is 19.1. The molecule has 0 radical (unpaired) electrons. The van der Waals surface area contributed by atoms with Crippen LogP contribution in [0.15, 0.2) is 48.5 Å². The van der Waals surface area contributed by atoms with E-state index in [1.54, 1.807) is 25.2 Å². The summed E-state index contributed by atoms with van der Waals surface area (Å²) in [6.07, 6.45) is 0. The second-order valence-electron chi connectivity index (χ2n) is 4.97. The molecule has 0 aliphatic carbocycles. The summed E-state index contributed by atoms with van der Waals surface area (Å²) in [5.41, 5.74) is 0.618. The average molecular weight is 325 g/mol. The molecule has 0 bridgehead atoms. The van der Waals surface area contributed by atoms with E-state index in [0.717, 1.165) is 6.07 Å². The van der Waals surface area contributed by atoms with E-state index in [9.17, 15) is 14.0 Å². The lowest BCUT2D eigenvalue weighted by Crippen LogP contribution is -2.22. The molecule has 1 amide bonds. The maximum atomic E-state index is 14.2. The molecule has 2 aromatic carbocycles. The second kappa shape index (κ2) is 6.37. The molecule has 1 N–H and O–H groups in total. The lowest BCUT2D eigenvalue weighted by atomic mass is 10.1. The van der Waals surface area contributed by atoms with Crippen molar-refractivity contribution in [3.8, 4) is 11.4 Å². The topological polar surface area (TPSA) is 89.8 Å².